The lowest BCUT2D eigenvalue weighted by molar-refractivity contribution is 0.0513. The Hall–Kier alpha value is -3.96. The predicted molar refractivity (Wildman–Crippen MR) is 95.5 cm³/mol. The van der Waals surface area contributed by atoms with Crippen LogP contribution >= 0.6 is 0 Å². The fourth-order valence-corrected chi connectivity index (χ4v) is 2.83. The average Bonchev–Trinajstić information content (AvgIpc) is 2.65. The second-order valence-corrected chi connectivity index (χ2v) is 5.55. The topological polar surface area (TPSA) is 190 Å². The smallest absolute Gasteiger partial charge is 0.344 e. The predicted octanol–water partition coefficient (Wildman–Crippen LogP) is 0.353. The van der Waals surface area contributed by atoms with Crippen molar-refractivity contribution in [2.24, 2.45) is 0 Å². The van der Waals surface area contributed by atoms with E-state index in [2.05, 4.69) is 20.4 Å². The molecule has 0 atom stereocenters. The Morgan fingerprint density at radius 2 is 1.11 bits per heavy atom. The third-order valence-corrected chi connectivity index (χ3v) is 3.95. The highest BCUT2D eigenvalue weighted by Crippen LogP contribution is 2.25. The third-order valence-electron chi connectivity index (χ3n) is 3.95. The Kier molecular flexibility index (Phi) is 4.69. The summed E-state index contributed by atoms with van der Waals surface area (Å²) in [5.74, 6) is -3.48. The molecule has 3 rings (SSSR count). The second kappa shape index (κ2) is 6.98. The molecule has 0 aliphatic heterocycles. The summed E-state index contributed by atoms with van der Waals surface area (Å²) < 4.78 is 9.66. The van der Waals surface area contributed by atoms with E-state index in [9.17, 15) is 29.4 Å². The van der Waals surface area contributed by atoms with Crippen molar-refractivity contribution in [2.45, 2.75) is 13.8 Å². The average molecular weight is 392 g/mol. The van der Waals surface area contributed by atoms with Crippen LogP contribution < -0.4 is 10.9 Å². The molecular weight excluding hydrogens is 376 g/mol. The van der Waals surface area contributed by atoms with Gasteiger partial charge in [0.2, 0.25) is 22.6 Å². The van der Waals surface area contributed by atoms with Gasteiger partial charge in [0.25, 0.3) is 0 Å². The fourth-order valence-electron chi connectivity index (χ4n) is 2.83. The highest BCUT2D eigenvalue weighted by molar-refractivity contribution is 6.12. The van der Waals surface area contributed by atoms with Crippen molar-refractivity contribution in [3.63, 3.8) is 0 Å². The van der Waals surface area contributed by atoms with Gasteiger partial charge in [-0.2, -0.15) is 0 Å². The molecule has 0 saturated carbocycles. The van der Waals surface area contributed by atoms with Crippen LogP contribution in [0.15, 0.2) is 9.59 Å². The van der Waals surface area contributed by atoms with E-state index in [1.165, 1.54) is 13.8 Å². The number of aromatic hydroxyl groups is 2. The number of hydrogen-bond donors (Lipinski definition) is 6. The van der Waals surface area contributed by atoms with Gasteiger partial charge in [0.1, 0.15) is 22.2 Å². The fraction of sp³-hybridized carbons (Fsp3) is 0.250. The van der Waals surface area contributed by atoms with E-state index in [0.717, 1.165) is 0 Å². The number of aromatic nitrogens is 4. The first-order chi connectivity index (χ1) is 13.3. The molecule has 3 aromatic rings. The molecule has 12 heteroatoms. The van der Waals surface area contributed by atoms with Crippen molar-refractivity contribution in [3.05, 3.63) is 31.6 Å². The molecule has 28 heavy (non-hydrogen) atoms. The quantitative estimate of drug-likeness (QED) is 0.271. The number of nitrogens with one attached hydrogen (secondary N) is 4. The lowest BCUT2D eigenvalue weighted by atomic mass is 10.0. The van der Waals surface area contributed by atoms with Crippen LogP contribution in [0.25, 0.3) is 21.8 Å². The minimum atomic E-state index is -1.03. The van der Waals surface area contributed by atoms with Crippen molar-refractivity contribution in [2.75, 3.05) is 13.2 Å². The van der Waals surface area contributed by atoms with Crippen molar-refractivity contribution in [1.29, 1.82) is 0 Å². The van der Waals surface area contributed by atoms with Crippen LogP contribution in [-0.2, 0) is 9.47 Å². The van der Waals surface area contributed by atoms with Crippen LogP contribution in [0.2, 0.25) is 0 Å². The molecule has 0 amide bonds. The molecule has 0 bridgehead atoms. The molecule has 0 spiro atoms. The maximum absolute atomic E-state index is 13.0. The molecule has 0 radical (unpaired) electrons. The lowest BCUT2D eigenvalue weighted by Crippen LogP contribution is -2.23. The zero-order chi connectivity index (χ0) is 20.6. The van der Waals surface area contributed by atoms with E-state index >= 15 is 0 Å². The van der Waals surface area contributed by atoms with Gasteiger partial charge in [0.05, 0.1) is 24.0 Å². The molecule has 6 N–H and O–H groups in total. The molecule has 2 heterocycles. The van der Waals surface area contributed by atoms with E-state index in [0.29, 0.717) is 0 Å². The summed E-state index contributed by atoms with van der Waals surface area (Å²) in [5, 5.41) is 28.1. The minimum Gasteiger partial charge on any atom is -0.493 e. The number of H-pyrrole nitrogens is 4. The number of carbonyl (C=O) groups excluding carboxylic acids is 2. The number of rotatable bonds is 4. The SMILES string of the molecule is CCOC(=O)c1c(O)[nH][nH]c2c(=O)c3c(C(=O)OCC)c(O)[nH][nH]c3c(=O)c12. The van der Waals surface area contributed by atoms with Crippen molar-refractivity contribution < 1.29 is 29.3 Å². The molecule has 148 valence electrons. The summed E-state index contributed by atoms with van der Waals surface area (Å²) in [4.78, 5) is 50.4. The molecule has 0 aliphatic rings. The van der Waals surface area contributed by atoms with Crippen molar-refractivity contribution in [3.8, 4) is 11.8 Å². The van der Waals surface area contributed by atoms with Crippen LogP contribution in [-0.4, -0.2) is 55.8 Å². The Labute approximate surface area is 154 Å². The zero-order valence-electron chi connectivity index (χ0n) is 14.8. The van der Waals surface area contributed by atoms with E-state index in [-0.39, 0.29) is 13.2 Å². The van der Waals surface area contributed by atoms with Crippen LogP contribution in [0.1, 0.15) is 34.6 Å². The van der Waals surface area contributed by atoms with Gasteiger partial charge in [0.15, 0.2) is 0 Å². The lowest BCUT2D eigenvalue weighted by Gasteiger charge is -2.11. The normalized spacial score (nSPS) is 10.9. The highest BCUT2D eigenvalue weighted by Gasteiger charge is 2.27. The summed E-state index contributed by atoms with van der Waals surface area (Å²) in [6, 6.07) is 0. The summed E-state index contributed by atoms with van der Waals surface area (Å²) >= 11 is 0. The number of fused-ring (bicyclic) bond motifs is 2. The summed E-state index contributed by atoms with van der Waals surface area (Å²) in [5.41, 5.74) is -3.67. The van der Waals surface area contributed by atoms with Crippen LogP contribution in [0.4, 0.5) is 0 Å². The van der Waals surface area contributed by atoms with Gasteiger partial charge >= 0.3 is 11.9 Å². The number of esters is 2. The van der Waals surface area contributed by atoms with E-state index in [1.807, 2.05) is 0 Å². The van der Waals surface area contributed by atoms with Crippen LogP contribution in [0.3, 0.4) is 0 Å². The second-order valence-electron chi connectivity index (χ2n) is 5.55. The number of benzene rings is 1. The first-order valence-electron chi connectivity index (χ1n) is 8.16. The van der Waals surface area contributed by atoms with Crippen LogP contribution in [0.5, 0.6) is 11.8 Å². The zero-order valence-corrected chi connectivity index (χ0v) is 14.8. The molecule has 0 fully saturated rings. The number of carbonyl (C=O) groups is 2. The summed E-state index contributed by atoms with van der Waals surface area (Å²) in [6.07, 6.45) is 0. The monoisotopic (exact) mass is 392 g/mol. The Bertz CT molecular complexity index is 1150. The Morgan fingerprint density at radius 1 is 0.750 bits per heavy atom. The van der Waals surface area contributed by atoms with E-state index in [4.69, 9.17) is 9.47 Å². The Balaban J connectivity index is 2.55. The number of ether oxygens (including phenoxy) is 2. The third kappa shape index (κ3) is 2.71. The maximum atomic E-state index is 13.0. The van der Waals surface area contributed by atoms with Crippen molar-refractivity contribution in [1.82, 2.24) is 20.4 Å². The summed E-state index contributed by atoms with van der Waals surface area (Å²) in [7, 11) is 0. The van der Waals surface area contributed by atoms with Gasteiger partial charge in [-0.3, -0.25) is 30.0 Å². The van der Waals surface area contributed by atoms with Crippen molar-refractivity contribution >= 4 is 33.7 Å². The van der Waals surface area contributed by atoms with Gasteiger partial charge in [0, 0.05) is 0 Å². The molecule has 0 saturated heterocycles. The van der Waals surface area contributed by atoms with E-state index in [1.54, 1.807) is 0 Å². The number of hydrogen-bond acceptors (Lipinski definition) is 8. The minimum absolute atomic E-state index is 0.0365. The van der Waals surface area contributed by atoms with Crippen LogP contribution in [0, 0.1) is 0 Å². The molecule has 1 aromatic carbocycles. The number of aromatic amines is 4. The van der Waals surface area contributed by atoms with Gasteiger partial charge in [-0.1, -0.05) is 0 Å². The largest absolute Gasteiger partial charge is 0.493 e. The standard InChI is InChI=1S/C16H16N4O8/c1-3-27-15(25)7-5-9(17-19-13(7)23)12(22)6-8(16(26)28-4-2)14(24)20-18-10(6)11(5)21/h17-20,23-24H,3-4H2,1-2H3. The maximum Gasteiger partial charge on any atom is 0.344 e. The van der Waals surface area contributed by atoms with Gasteiger partial charge < -0.3 is 19.7 Å². The van der Waals surface area contributed by atoms with Gasteiger partial charge in [-0.25, -0.2) is 9.59 Å². The molecular formula is C16H16N4O8. The molecule has 0 aliphatic carbocycles. The van der Waals surface area contributed by atoms with Gasteiger partial charge in [-0.15, -0.1) is 0 Å². The molecule has 0 unspecified atom stereocenters. The Morgan fingerprint density at radius 3 is 1.43 bits per heavy atom. The van der Waals surface area contributed by atoms with Gasteiger partial charge in [-0.05, 0) is 13.8 Å². The molecule has 2 aromatic heterocycles. The highest BCUT2D eigenvalue weighted by atomic mass is 16.5. The molecule has 12 nitrogen and oxygen atoms in total. The van der Waals surface area contributed by atoms with E-state index < -0.39 is 67.5 Å². The first kappa shape index (κ1) is 18.8. The summed E-state index contributed by atoms with van der Waals surface area (Å²) in [6.45, 7) is 2.98. The first-order valence-corrected chi connectivity index (χ1v) is 8.16.